The maximum Gasteiger partial charge on any atom is 0.306 e. The molecule has 0 fully saturated rings. The molecule has 0 aliphatic rings. The summed E-state index contributed by atoms with van der Waals surface area (Å²) in [5.74, 6) is -0.963. The molecule has 0 bridgehead atoms. The largest absolute Gasteiger partial charge is 0.462 e. The molecular formula is C65H104O6. The van der Waals surface area contributed by atoms with E-state index in [4.69, 9.17) is 14.2 Å². The predicted molar refractivity (Wildman–Crippen MR) is 306 cm³/mol. The van der Waals surface area contributed by atoms with Crippen molar-refractivity contribution < 1.29 is 28.6 Å². The Kier molecular flexibility index (Phi) is 54.5. The summed E-state index contributed by atoms with van der Waals surface area (Å²) in [7, 11) is 0. The predicted octanol–water partition coefficient (Wildman–Crippen LogP) is 19.4. The van der Waals surface area contributed by atoms with Gasteiger partial charge in [-0.2, -0.15) is 0 Å². The van der Waals surface area contributed by atoms with E-state index in [1.165, 1.54) is 51.4 Å². The van der Waals surface area contributed by atoms with Crippen LogP contribution in [0.15, 0.2) is 134 Å². The molecule has 0 heterocycles. The maximum absolute atomic E-state index is 12.8. The van der Waals surface area contributed by atoms with Crippen molar-refractivity contribution in [3.05, 3.63) is 134 Å². The Labute approximate surface area is 436 Å². The summed E-state index contributed by atoms with van der Waals surface area (Å²) in [6.07, 6.45) is 81.7. The molecule has 0 N–H and O–H groups in total. The highest BCUT2D eigenvalue weighted by molar-refractivity contribution is 5.71. The molecule has 6 heteroatoms. The molecule has 0 aromatic rings. The molecule has 1 unspecified atom stereocenters. The molecular weight excluding hydrogens is 877 g/mol. The van der Waals surface area contributed by atoms with Crippen LogP contribution in [0.5, 0.6) is 0 Å². The van der Waals surface area contributed by atoms with E-state index in [9.17, 15) is 14.4 Å². The quantitative estimate of drug-likeness (QED) is 0.0262. The normalized spacial score (nSPS) is 13.1. The Hall–Kier alpha value is -4.45. The van der Waals surface area contributed by atoms with Crippen molar-refractivity contribution in [1.82, 2.24) is 0 Å². The third kappa shape index (κ3) is 56.3. The minimum atomic E-state index is -0.806. The van der Waals surface area contributed by atoms with Gasteiger partial charge in [-0.05, 0) is 116 Å². The van der Waals surface area contributed by atoms with Gasteiger partial charge in [0, 0.05) is 19.3 Å². The van der Waals surface area contributed by atoms with E-state index in [2.05, 4.69) is 154 Å². The minimum absolute atomic E-state index is 0.100. The van der Waals surface area contributed by atoms with Crippen molar-refractivity contribution >= 4 is 17.9 Å². The molecule has 0 spiro atoms. The number of carbonyl (C=O) groups excluding carboxylic acids is 3. The van der Waals surface area contributed by atoms with E-state index in [1.54, 1.807) is 0 Å². The lowest BCUT2D eigenvalue weighted by Gasteiger charge is -2.18. The first-order valence-corrected chi connectivity index (χ1v) is 28.7. The fourth-order valence-corrected chi connectivity index (χ4v) is 7.41. The number of hydrogen-bond donors (Lipinski definition) is 0. The number of unbranched alkanes of at least 4 members (excludes halogenated alkanes) is 17. The van der Waals surface area contributed by atoms with Gasteiger partial charge in [-0.1, -0.05) is 238 Å². The molecule has 0 radical (unpaired) electrons. The van der Waals surface area contributed by atoms with E-state index in [-0.39, 0.29) is 37.5 Å². The summed E-state index contributed by atoms with van der Waals surface area (Å²) in [6, 6.07) is 0. The number of esters is 3. The number of allylic oxidation sites excluding steroid dienone is 22. The van der Waals surface area contributed by atoms with Crippen LogP contribution in [-0.2, 0) is 28.6 Å². The van der Waals surface area contributed by atoms with E-state index < -0.39 is 6.10 Å². The first kappa shape index (κ1) is 66.6. The summed E-state index contributed by atoms with van der Waals surface area (Å²) in [4.78, 5) is 38.0. The number of carbonyl (C=O) groups is 3. The maximum atomic E-state index is 12.8. The van der Waals surface area contributed by atoms with Gasteiger partial charge in [0.2, 0.25) is 0 Å². The number of hydrogen-bond acceptors (Lipinski definition) is 6. The first-order valence-electron chi connectivity index (χ1n) is 28.7. The van der Waals surface area contributed by atoms with Gasteiger partial charge in [0.15, 0.2) is 6.10 Å². The molecule has 0 rings (SSSR count). The summed E-state index contributed by atoms with van der Waals surface area (Å²) in [6.45, 7) is 6.34. The smallest absolute Gasteiger partial charge is 0.306 e. The second-order valence-electron chi connectivity index (χ2n) is 18.4. The third-order valence-electron chi connectivity index (χ3n) is 11.7. The van der Waals surface area contributed by atoms with Crippen LogP contribution in [-0.4, -0.2) is 37.2 Å². The third-order valence-corrected chi connectivity index (χ3v) is 11.7. The van der Waals surface area contributed by atoms with Gasteiger partial charge in [-0.15, -0.1) is 0 Å². The fourth-order valence-electron chi connectivity index (χ4n) is 7.41. The van der Waals surface area contributed by atoms with Crippen molar-refractivity contribution in [1.29, 1.82) is 0 Å². The topological polar surface area (TPSA) is 78.9 Å². The van der Waals surface area contributed by atoms with Gasteiger partial charge in [0.1, 0.15) is 13.2 Å². The van der Waals surface area contributed by atoms with Crippen LogP contribution in [0.3, 0.4) is 0 Å². The lowest BCUT2D eigenvalue weighted by molar-refractivity contribution is -0.167. The summed E-state index contributed by atoms with van der Waals surface area (Å²) in [5, 5.41) is 0. The molecule has 0 saturated heterocycles. The van der Waals surface area contributed by atoms with Crippen LogP contribution in [0.2, 0.25) is 0 Å². The van der Waals surface area contributed by atoms with Crippen LogP contribution in [0.4, 0.5) is 0 Å². The lowest BCUT2D eigenvalue weighted by atomic mass is 10.1. The van der Waals surface area contributed by atoms with Crippen LogP contribution < -0.4 is 0 Å². The van der Waals surface area contributed by atoms with Crippen molar-refractivity contribution in [3.8, 4) is 0 Å². The van der Waals surface area contributed by atoms with E-state index in [0.29, 0.717) is 12.8 Å². The average molecular weight is 982 g/mol. The van der Waals surface area contributed by atoms with Gasteiger partial charge < -0.3 is 14.2 Å². The zero-order chi connectivity index (χ0) is 51.4. The highest BCUT2D eigenvalue weighted by Crippen LogP contribution is 2.14. The number of ether oxygens (including phenoxy) is 3. The van der Waals surface area contributed by atoms with Gasteiger partial charge >= 0.3 is 17.9 Å². The molecule has 0 aliphatic heterocycles. The summed E-state index contributed by atoms with van der Waals surface area (Å²) < 4.78 is 16.8. The van der Waals surface area contributed by atoms with Crippen LogP contribution in [0.25, 0.3) is 0 Å². The van der Waals surface area contributed by atoms with Crippen LogP contribution >= 0.6 is 0 Å². The Morgan fingerprint density at radius 1 is 0.296 bits per heavy atom. The molecule has 0 saturated carbocycles. The van der Waals surface area contributed by atoms with Gasteiger partial charge in [-0.25, -0.2) is 0 Å². The van der Waals surface area contributed by atoms with E-state index in [1.807, 2.05) is 0 Å². The molecule has 0 aromatic heterocycles. The number of rotatable bonds is 50. The zero-order valence-electron chi connectivity index (χ0n) is 45.7. The Balaban J connectivity index is 4.35. The minimum Gasteiger partial charge on any atom is -0.462 e. The highest BCUT2D eigenvalue weighted by atomic mass is 16.6. The fraction of sp³-hybridized carbons (Fsp3) is 0.615. The SMILES string of the molecule is CC/C=C\C/C=C\C/C=C\C/C=C\C/C=C\C/C=C\C/C=C\C/C=C\CCCCCCC(=O)OCC(COC(=O)CCCCCCCCCCCCC)OC(=O)CCCCC/C=C\C/C=C\C/C=C\CC. The van der Waals surface area contributed by atoms with Gasteiger partial charge in [0.05, 0.1) is 0 Å². The Morgan fingerprint density at radius 2 is 0.549 bits per heavy atom. The van der Waals surface area contributed by atoms with Crippen LogP contribution in [0.1, 0.15) is 239 Å². The average Bonchev–Trinajstić information content (AvgIpc) is 3.37. The zero-order valence-corrected chi connectivity index (χ0v) is 45.7. The van der Waals surface area contributed by atoms with Crippen molar-refractivity contribution in [2.24, 2.45) is 0 Å². The standard InChI is InChI=1S/C65H104O6/c1-4-7-10-13-16-19-22-24-25-26-27-28-29-30-31-32-33-34-35-36-37-38-39-41-43-46-49-52-55-58-64(67)70-61-62(60-69-63(66)57-54-51-48-45-42-21-18-15-12-9-6-3)71-65(68)59-56-53-50-47-44-40-23-20-17-14-11-8-5-2/h7-8,10-11,16-17,19-20,24-25,27-28,30-31,33-34,36-37,39-41,44,62H,4-6,9,12-15,18,21-23,26,29,32,35,38,42-43,45-61H2,1-3H3/b10-7-,11-8-,19-16-,20-17-,25-24-,28-27-,31-30-,34-33-,37-36-,41-39-,44-40-. The van der Waals surface area contributed by atoms with Crippen molar-refractivity contribution in [3.63, 3.8) is 0 Å². The lowest BCUT2D eigenvalue weighted by Crippen LogP contribution is -2.30. The second-order valence-corrected chi connectivity index (χ2v) is 18.4. The highest BCUT2D eigenvalue weighted by Gasteiger charge is 2.19. The van der Waals surface area contributed by atoms with Crippen molar-refractivity contribution in [2.45, 2.75) is 245 Å². The molecule has 0 aromatic carbocycles. The van der Waals surface area contributed by atoms with Gasteiger partial charge in [-0.3, -0.25) is 14.4 Å². The van der Waals surface area contributed by atoms with Crippen LogP contribution in [0, 0.1) is 0 Å². The Bertz CT molecular complexity index is 1550. The van der Waals surface area contributed by atoms with Gasteiger partial charge in [0.25, 0.3) is 0 Å². The molecule has 400 valence electrons. The monoisotopic (exact) mass is 981 g/mol. The first-order chi connectivity index (χ1) is 35.0. The molecule has 1 atom stereocenters. The molecule has 0 aliphatic carbocycles. The summed E-state index contributed by atoms with van der Waals surface area (Å²) >= 11 is 0. The molecule has 6 nitrogen and oxygen atoms in total. The van der Waals surface area contributed by atoms with E-state index >= 15 is 0 Å². The Morgan fingerprint density at radius 3 is 0.873 bits per heavy atom. The summed E-state index contributed by atoms with van der Waals surface area (Å²) in [5.41, 5.74) is 0. The second kappa shape index (κ2) is 58.1. The van der Waals surface area contributed by atoms with Crippen molar-refractivity contribution in [2.75, 3.05) is 13.2 Å². The molecule has 0 amide bonds. The molecule has 71 heavy (non-hydrogen) atoms. The van der Waals surface area contributed by atoms with E-state index in [0.717, 1.165) is 148 Å².